The maximum Gasteiger partial charge on any atom is 0.145 e. The Morgan fingerprint density at radius 2 is 2.22 bits per heavy atom. The SMILES string of the molecule is CNC(Cc1cccc(Cl)c1F)C1=CCCCC1. The van der Waals surface area contributed by atoms with Crippen molar-refractivity contribution in [2.45, 2.75) is 38.1 Å². The molecule has 0 aromatic heterocycles. The second-order valence-corrected chi connectivity index (χ2v) is 5.19. The second kappa shape index (κ2) is 6.35. The van der Waals surface area contributed by atoms with E-state index in [1.54, 1.807) is 6.07 Å². The van der Waals surface area contributed by atoms with Crippen LogP contribution in [0.15, 0.2) is 29.8 Å². The minimum absolute atomic E-state index is 0.208. The number of halogens is 2. The first kappa shape index (κ1) is 13.6. The molecule has 1 aliphatic rings. The van der Waals surface area contributed by atoms with Crippen molar-refractivity contribution in [3.63, 3.8) is 0 Å². The summed E-state index contributed by atoms with van der Waals surface area (Å²) in [4.78, 5) is 0. The third kappa shape index (κ3) is 3.12. The maximum atomic E-state index is 13.9. The molecule has 0 saturated carbocycles. The van der Waals surface area contributed by atoms with Crippen LogP contribution in [0, 0.1) is 5.82 Å². The summed E-state index contributed by atoms with van der Waals surface area (Å²) in [6.07, 6.45) is 7.73. The van der Waals surface area contributed by atoms with Crippen molar-refractivity contribution in [1.82, 2.24) is 5.32 Å². The van der Waals surface area contributed by atoms with Crippen LogP contribution in [-0.2, 0) is 6.42 Å². The Hall–Kier alpha value is -0.860. The first-order chi connectivity index (χ1) is 8.72. The molecule has 0 amide bonds. The van der Waals surface area contributed by atoms with Gasteiger partial charge in [-0.1, -0.05) is 35.4 Å². The van der Waals surface area contributed by atoms with Crippen molar-refractivity contribution in [3.8, 4) is 0 Å². The predicted octanol–water partition coefficient (Wildman–Crippen LogP) is 4.11. The molecule has 0 saturated heterocycles. The zero-order valence-electron chi connectivity index (χ0n) is 10.7. The number of allylic oxidation sites excluding steroid dienone is 1. The van der Waals surface area contributed by atoms with Crippen LogP contribution in [0.5, 0.6) is 0 Å². The molecule has 1 aromatic carbocycles. The van der Waals surface area contributed by atoms with E-state index < -0.39 is 0 Å². The van der Waals surface area contributed by atoms with Crippen molar-refractivity contribution in [2.75, 3.05) is 7.05 Å². The molecule has 0 fully saturated rings. The highest BCUT2D eigenvalue weighted by atomic mass is 35.5. The van der Waals surface area contributed by atoms with Gasteiger partial charge >= 0.3 is 0 Å². The van der Waals surface area contributed by atoms with Crippen LogP contribution in [0.3, 0.4) is 0 Å². The van der Waals surface area contributed by atoms with Crippen LogP contribution < -0.4 is 5.32 Å². The smallest absolute Gasteiger partial charge is 0.145 e. The Bertz CT molecular complexity index is 442. The molecule has 0 heterocycles. The number of hydrogen-bond acceptors (Lipinski definition) is 1. The van der Waals surface area contributed by atoms with Gasteiger partial charge in [-0.05, 0) is 50.8 Å². The van der Waals surface area contributed by atoms with Gasteiger partial charge in [0.15, 0.2) is 0 Å². The fraction of sp³-hybridized carbons (Fsp3) is 0.467. The third-order valence-electron chi connectivity index (χ3n) is 3.58. The molecular formula is C15H19ClFN. The molecule has 1 aromatic rings. The lowest BCUT2D eigenvalue weighted by Crippen LogP contribution is -2.30. The van der Waals surface area contributed by atoms with Crippen molar-refractivity contribution in [3.05, 3.63) is 46.3 Å². The van der Waals surface area contributed by atoms with Crippen LogP contribution in [0.25, 0.3) is 0 Å². The van der Waals surface area contributed by atoms with Gasteiger partial charge in [-0.15, -0.1) is 0 Å². The molecule has 2 rings (SSSR count). The average Bonchev–Trinajstić information content (AvgIpc) is 2.41. The van der Waals surface area contributed by atoms with E-state index in [0.29, 0.717) is 12.0 Å². The largest absolute Gasteiger partial charge is 0.313 e. The van der Waals surface area contributed by atoms with Crippen molar-refractivity contribution >= 4 is 11.6 Å². The summed E-state index contributed by atoms with van der Waals surface area (Å²) in [5, 5.41) is 3.50. The molecule has 0 radical (unpaired) electrons. The summed E-state index contributed by atoms with van der Waals surface area (Å²) in [7, 11) is 1.93. The molecule has 1 atom stereocenters. The van der Waals surface area contributed by atoms with E-state index >= 15 is 0 Å². The lowest BCUT2D eigenvalue weighted by Gasteiger charge is -2.23. The van der Waals surface area contributed by atoms with Crippen LogP contribution in [0.4, 0.5) is 4.39 Å². The Morgan fingerprint density at radius 3 is 2.89 bits per heavy atom. The van der Waals surface area contributed by atoms with Crippen LogP contribution >= 0.6 is 11.6 Å². The lowest BCUT2D eigenvalue weighted by atomic mass is 9.90. The van der Waals surface area contributed by atoms with E-state index in [2.05, 4.69) is 11.4 Å². The highest BCUT2D eigenvalue weighted by Crippen LogP contribution is 2.25. The van der Waals surface area contributed by atoms with Crippen molar-refractivity contribution in [1.29, 1.82) is 0 Å². The van der Waals surface area contributed by atoms with E-state index in [0.717, 1.165) is 12.8 Å². The van der Waals surface area contributed by atoms with E-state index in [-0.39, 0.29) is 16.9 Å². The van der Waals surface area contributed by atoms with Gasteiger partial charge in [-0.25, -0.2) is 4.39 Å². The van der Waals surface area contributed by atoms with E-state index in [1.807, 2.05) is 19.2 Å². The number of benzene rings is 1. The predicted molar refractivity (Wildman–Crippen MR) is 74.5 cm³/mol. The molecule has 0 bridgehead atoms. The highest BCUT2D eigenvalue weighted by molar-refractivity contribution is 6.30. The quantitative estimate of drug-likeness (QED) is 0.810. The molecule has 1 aliphatic carbocycles. The molecule has 1 N–H and O–H groups in total. The Morgan fingerprint density at radius 1 is 1.39 bits per heavy atom. The number of rotatable bonds is 4. The summed E-state index contributed by atoms with van der Waals surface area (Å²) in [6.45, 7) is 0. The Balaban J connectivity index is 2.15. The normalized spacial score (nSPS) is 17.4. The molecule has 1 nitrogen and oxygen atoms in total. The Kier molecular flexibility index (Phi) is 4.79. The molecule has 0 spiro atoms. The fourth-order valence-corrected chi connectivity index (χ4v) is 2.72. The third-order valence-corrected chi connectivity index (χ3v) is 3.87. The lowest BCUT2D eigenvalue weighted by molar-refractivity contribution is 0.547. The van der Waals surface area contributed by atoms with Gasteiger partial charge in [0.1, 0.15) is 5.82 Å². The van der Waals surface area contributed by atoms with Gasteiger partial charge in [-0.3, -0.25) is 0 Å². The monoisotopic (exact) mass is 267 g/mol. The fourth-order valence-electron chi connectivity index (χ4n) is 2.52. The van der Waals surface area contributed by atoms with Gasteiger partial charge in [0.2, 0.25) is 0 Å². The molecule has 3 heteroatoms. The van der Waals surface area contributed by atoms with Gasteiger partial charge < -0.3 is 5.32 Å². The minimum atomic E-state index is -0.282. The first-order valence-electron chi connectivity index (χ1n) is 6.51. The van der Waals surface area contributed by atoms with Gasteiger partial charge in [0, 0.05) is 6.04 Å². The van der Waals surface area contributed by atoms with Crippen molar-refractivity contribution < 1.29 is 4.39 Å². The standard InChI is InChI=1S/C15H19ClFN/c1-18-14(11-6-3-2-4-7-11)10-12-8-5-9-13(16)15(12)17/h5-6,8-9,14,18H,2-4,7,10H2,1H3. The first-order valence-corrected chi connectivity index (χ1v) is 6.89. The second-order valence-electron chi connectivity index (χ2n) is 4.78. The van der Waals surface area contributed by atoms with E-state index in [9.17, 15) is 4.39 Å². The summed E-state index contributed by atoms with van der Waals surface area (Å²) >= 11 is 5.82. The summed E-state index contributed by atoms with van der Waals surface area (Å²) in [5.41, 5.74) is 2.09. The summed E-state index contributed by atoms with van der Waals surface area (Å²) in [6, 6.07) is 5.44. The van der Waals surface area contributed by atoms with Crippen LogP contribution in [-0.4, -0.2) is 13.1 Å². The molecular weight excluding hydrogens is 249 g/mol. The minimum Gasteiger partial charge on any atom is -0.313 e. The van der Waals surface area contributed by atoms with Crippen LogP contribution in [0.2, 0.25) is 5.02 Å². The number of nitrogens with one attached hydrogen (secondary N) is 1. The highest BCUT2D eigenvalue weighted by Gasteiger charge is 2.17. The Labute approximate surface area is 113 Å². The zero-order valence-corrected chi connectivity index (χ0v) is 11.4. The summed E-state index contributed by atoms with van der Waals surface area (Å²) < 4.78 is 13.9. The van der Waals surface area contributed by atoms with Gasteiger partial charge in [0.05, 0.1) is 5.02 Å². The number of hydrogen-bond donors (Lipinski definition) is 1. The zero-order chi connectivity index (χ0) is 13.0. The van der Waals surface area contributed by atoms with Gasteiger partial charge in [-0.2, -0.15) is 0 Å². The topological polar surface area (TPSA) is 12.0 Å². The van der Waals surface area contributed by atoms with E-state index in [1.165, 1.54) is 18.4 Å². The average molecular weight is 268 g/mol. The number of likely N-dealkylation sites (N-methyl/N-ethyl adjacent to an activating group) is 1. The molecule has 98 valence electrons. The summed E-state index contributed by atoms with van der Waals surface area (Å²) in [5.74, 6) is -0.282. The van der Waals surface area contributed by atoms with Crippen LogP contribution in [0.1, 0.15) is 31.2 Å². The molecule has 1 unspecified atom stereocenters. The van der Waals surface area contributed by atoms with E-state index in [4.69, 9.17) is 11.6 Å². The van der Waals surface area contributed by atoms with Crippen molar-refractivity contribution in [2.24, 2.45) is 0 Å². The molecule has 18 heavy (non-hydrogen) atoms. The van der Waals surface area contributed by atoms with Gasteiger partial charge in [0.25, 0.3) is 0 Å². The molecule has 0 aliphatic heterocycles. The maximum absolute atomic E-state index is 13.9.